The minimum absolute atomic E-state index is 0.105. The second-order valence-corrected chi connectivity index (χ2v) is 7.26. The Hall–Kier alpha value is -3.62. The molecule has 2 amide bonds. The van der Waals surface area contributed by atoms with E-state index >= 15 is 0 Å². The van der Waals surface area contributed by atoms with E-state index in [1.807, 2.05) is 20.9 Å². The number of methoxy groups -OCH3 is 2. The summed E-state index contributed by atoms with van der Waals surface area (Å²) in [7, 11) is 6.36. The average molecular weight is 425 g/mol. The maximum absolute atomic E-state index is 12.5. The number of nitrogens with zero attached hydrogens (tertiary/aromatic N) is 4. The normalized spacial score (nSPS) is 10.8. The van der Waals surface area contributed by atoms with Crippen LogP contribution in [0.5, 0.6) is 5.88 Å². The molecule has 3 rings (SSSR count). The molecule has 0 atom stereocenters. The second kappa shape index (κ2) is 9.03. The number of rotatable bonds is 6. The fraction of sp³-hybridized carbons (Fsp3) is 0.364. The molecule has 0 saturated heterocycles. The largest absolute Gasteiger partial charge is 0.479 e. The molecule has 2 aromatic heterocycles. The van der Waals surface area contributed by atoms with Gasteiger partial charge in [0.15, 0.2) is 5.65 Å². The van der Waals surface area contributed by atoms with Crippen molar-refractivity contribution in [3.63, 3.8) is 0 Å². The minimum Gasteiger partial charge on any atom is -0.479 e. The summed E-state index contributed by atoms with van der Waals surface area (Å²) in [5.74, 6) is 0.427. The van der Waals surface area contributed by atoms with Gasteiger partial charge in [0.1, 0.15) is 0 Å². The number of fused-ring (bicyclic) bond motifs is 1. The molecular weight excluding hydrogens is 398 g/mol. The lowest BCUT2D eigenvalue weighted by atomic mass is 10.00. The van der Waals surface area contributed by atoms with E-state index in [1.54, 1.807) is 43.1 Å². The van der Waals surface area contributed by atoms with Crippen LogP contribution in [0.2, 0.25) is 0 Å². The number of ether oxygens (including phenoxy) is 2. The summed E-state index contributed by atoms with van der Waals surface area (Å²) in [5.41, 5.74) is 5.00. The van der Waals surface area contributed by atoms with Crippen molar-refractivity contribution in [1.29, 1.82) is 0 Å². The van der Waals surface area contributed by atoms with E-state index in [2.05, 4.69) is 15.4 Å². The lowest BCUT2D eigenvalue weighted by Gasteiger charge is -2.16. The summed E-state index contributed by atoms with van der Waals surface area (Å²) in [5, 5.41) is 8.12. The number of aryl methyl sites for hydroxylation is 3. The average Bonchev–Trinajstić information content (AvgIpc) is 3.08. The van der Waals surface area contributed by atoms with Crippen LogP contribution in [0.25, 0.3) is 11.0 Å². The van der Waals surface area contributed by atoms with Crippen molar-refractivity contribution >= 4 is 34.4 Å². The van der Waals surface area contributed by atoms with Gasteiger partial charge >= 0.3 is 6.09 Å². The highest BCUT2D eigenvalue weighted by atomic mass is 16.5. The van der Waals surface area contributed by atoms with Crippen LogP contribution in [0.1, 0.15) is 23.2 Å². The van der Waals surface area contributed by atoms with E-state index in [1.165, 1.54) is 12.0 Å². The molecule has 0 fully saturated rings. The van der Waals surface area contributed by atoms with Crippen molar-refractivity contribution in [1.82, 2.24) is 14.8 Å². The third kappa shape index (κ3) is 4.45. The molecule has 0 aliphatic rings. The molecule has 1 N–H and O–H groups in total. The summed E-state index contributed by atoms with van der Waals surface area (Å²) >= 11 is 0. The van der Waals surface area contributed by atoms with E-state index in [4.69, 9.17) is 9.47 Å². The maximum atomic E-state index is 12.5. The molecular formula is C22H27N5O4. The number of benzene rings is 1. The third-order valence-corrected chi connectivity index (χ3v) is 5.31. The Bertz CT molecular complexity index is 1120. The van der Waals surface area contributed by atoms with Crippen LogP contribution in [0, 0.1) is 13.8 Å². The summed E-state index contributed by atoms with van der Waals surface area (Å²) in [6.07, 6.45) is 0.396. The lowest BCUT2D eigenvalue weighted by Crippen LogP contribution is -2.25. The van der Waals surface area contributed by atoms with Gasteiger partial charge in [-0.15, -0.1) is 5.10 Å². The van der Waals surface area contributed by atoms with Gasteiger partial charge < -0.3 is 14.8 Å². The number of amides is 2. The van der Waals surface area contributed by atoms with E-state index in [0.29, 0.717) is 30.1 Å². The van der Waals surface area contributed by atoms with Gasteiger partial charge in [0.2, 0.25) is 11.8 Å². The third-order valence-electron chi connectivity index (χ3n) is 5.31. The second-order valence-electron chi connectivity index (χ2n) is 7.26. The summed E-state index contributed by atoms with van der Waals surface area (Å²) in [6, 6.07) is 6.98. The predicted octanol–water partition coefficient (Wildman–Crippen LogP) is 3.37. The van der Waals surface area contributed by atoms with E-state index in [0.717, 1.165) is 27.9 Å². The lowest BCUT2D eigenvalue weighted by molar-refractivity contribution is -0.116. The predicted molar refractivity (Wildman–Crippen MR) is 119 cm³/mol. The fourth-order valence-electron chi connectivity index (χ4n) is 3.58. The summed E-state index contributed by atoms with van der Waals surface area (Å²) in [4.78, 5) is 30.1. The molecule has 9 nitrogen and oxygen atoms in total. The Morgan fingerprint density at radius 3 is 2.45 bits per heavy atom. The molecule has 2 heterocycles. The van der Waals surface area contributed by atoms with Crippen LogP contribution < -0.4 is 15.0 Å². The first-order valence-electron chi connectivity index (χ1n) is 9.85. The van der Waals surface area contributed by atoms with Crippen LogP contribution in [-0.4, -0.2) is 48.0 Å². The van der Waals surface area contributed by atoms with Crippen LogP contribution in [-0.2, 0) is 23.0 Å². The SMILES string of the molecule is COC(=O)N(C)c1ccc(NC(=O)CCc2c(C)nc3c(c(OC)nn3C)c2C)cc1. The topological polar surface area (TPSA) is 98.6 Å². The van der Waals surface area contributed by atoms with Gasteiger partial charge in [-0.2, -0.15) is 0 Å². The molecule has 0 aliphatic carbocycles. The number of hydrogen-bond donors (Lipinski definition) is 1. The Labute approximate surface area is 181 Å². The molecule has 0 bridgehead atoms. The van der Waals surface area contributed by atoms with Gasteiger partial charge in [-0.05, 0) is 55.7 Å². The van der Waals surface area contributed by atoms with Gasteiger partial charge in [-0.1, -0.05) is 0 Å². The Balaban J connectivity index is 1.70. The molecule has 164 valence electrons. The molecule has 0 unspecified atom stereocenters. The smallest absolute Gasteiger partial charge is 0.413 e. The molecule has 0 radical (unpaired) electrons. The fourth-order valence-corrected chi connectivity index (χ4v) is 3.58. The first-order chi connectivity index (χ1) is 14.8. The Morgan fingerprint density at radius 2 is 1.84 bits per heavy atom. The molecule has 0 saturated carbocycles. The van der Waals surface area contributed by atoms with E-state index < -0.39 is 6.09 Å². The zero-order valence-corrected chi connectivity index (χ0v) is 18.6. The molecule has 3 aromatic rings. The van der Waals surface area contributed by atoms with Crippen LogP contribution >= 0.6 is 0 Å². The number of aromatic nitrogens is 3. The first-order valence-corrected chi connectivity index (χ1v) is 9.85. The summed E-state index contributed by atoms with van der Waals surface area (Å²) < 4.78 is 11.8. The van der Waals surface area contributed by atoms with E-state index in [-0.39, 0.29) is 5.91 Å². The van der Waals surface area contributed by atoms with Crippen molar-refractivity contribution in [3.05, 3.63) is 41.1 Å². The van der Waals surface area contributed by atoms with Crippen molar-refractivity contribution < 1.29 is 19.1 Å². The summed E-state index contributed by atoms with van der Waals surface area (Å²) in [6.45, 7) is 3.95. The monoisotopic (exact) mass is 425 g/mol. The van der Waals surface area contributed by atoms with Gasteiger partial charge in [-0.3, -0.25) is 9.69 Å². The number of hydrogen-bond acceptors (Lipinski definition) is 6. The number of carbonyl (C=O) groups is 2. The number of carbonyl (C=O) groups excluding carboxylic acids is 2. The number of nitrogens with one attached hydrogen (secondary N) is 1. The zero-order chi connectivity index (χ0) is 22.7. The molecule has 31 heavy (non-hydrogen) atoms. The molecule has 1 aromatic carbocycles. The maximum Gasteiger partial charge on any atom is 0.413 e. The minimum atomic E-state index is -0.460. The van der Waals surface area contributed by atoms with Crippen LogP contribution in [0.4, 0.5) is 16.2 Å². The standard InChI is InChI=1S/C22H27N5O4/c1-13-17(14(2)23-20-19(13)21(30-5)25-27(20)4)11-12-18(28)24-15-7-9-16(10-8-15)26(3)22(29)31-6/h7-10H,11-12H2,1-6H3,(H,24,28). The van der Waals surface area contributed by atoms with Crippen molar-refractivity contribution in [2.24, 2.45) is 7.05 Å². The van der Waals surface area contributed by atoms with Crippen LogP contribution in [0.15, 0.2) is 24.3 Å². The van der Waals surface area contributed by atoms with Crippen LogP contribution in [0.3, 0.4) is 0 Å². The highest BCUT2D eigenvalue weighted by Crippen LogP contribution is 2.30. The Kier molecular flexibility index (Phi) is 6.43. The number of anilines is 2. The van der Waals surface area contributed by atoms with Gasteiger partial charge in [-0.25, -0.2) is 14.5 Å². The van der Waals surface area contributed by atoms with Crippen molar-refractivity contribution in [2.75, 3.05) is 31.5 Å². The van der Waals surface area contributed by atoms with Crippen molar-refractivity contribution in [3.8, 4) is 5.88 Å². The molecule has 0 aliphatic heterocycles. The van der Waals surface area contributed by atoms with Crippen molar-refractivity contribution in [2.45, 2.75) is 26.7 Å². The molecule has 9 heteroatoms. The highest BCUT2D eigenvalue weighted by molar-refractivity contribution is 5.92. The number of pyridine rings is 1. The van der Waals surface area contributed by atoms with Gasteiger partial charge in [0.25, 0.3) is 0 Å². The van der Waals surface area contributed by atoms with E-state index in [9.17, 15) is 9.59 Å². The zero-order valence-electron chi connectivity index (χ0n) is 18.6. The Morgan fingerprint density at radius 1 is 1.16 bits per heavy atom. The molecule has 0 spiro atoms. The highest BCUT2D eigenvalue weighted by Gasteiger charge is 2.18. The van der Waals surface area contributed by atoms with Gasteiger partial charge in [0, 0.05) is 37.6 Å². The first kappa shape index (κ1) is 22.1. The van der Waals surface area contributed by atoms with Gasteiger partial charge in [0.05, 0.1) is 19.6 Å². The quantitative estimate of drug-likeness (QED) is 0.650.